The SMILES string of the molecule is CSCCC(NF)C(=O)c1cccc(CC(N)C(=O)O)c1C(=O)C(N)CC(C)C. The number of aliphatic carboxylic acids is 1. The minimum absolute atomic E-state index is 0.0283. The summed E-state index contributed by atoms with van der Waals surface area (Å²) >= 11 is 1.47. The third-order valence-electron chi connectivity index (χ3n) is 4.54. The molecule has 0 bridgehead atoms. The molecule has 0 aliphatic heterocycles. The predicted molar refractivity (Wildman–Crippen MR) is 113 cm³/mol. The van der Waals surface area contributed by atoms with Crippen LogP contribution < -0.4 is 17.0 Å². The molecule has 0 saturated heterocycles. The first-order valence-corrected chi connectivity index (χ1v) is 10.8. The standard InChI is InChI=1S/C20H30FN3O4S/c1-11(2)9-14(22)19(26)17-12(10-15(23)20(27)28)5-4-6-13(17)18(25)16(24-21)7-8-29-3/h4-6,11,14-16,24H,7-10,22-23H2,1-3H3,(H,27,28). The van der Waals surface area contributed by atoms with Gasteiger partial charge in [-0.1, -0.05) is 32.0 Å². The van der Waals surface area contributed by atoms with Gasteiger partial charge in [0.15, 0.2) is 11.6 Å². The molecule has 162 valence electrons. The van der Waals surface area contributed by atoms with Crippen LogP contribution in [-0.2, 0) is 11.2 Å². The van der Waals surface area contributed by atoms with Gasteiger partial charge in [-0.15, -0.1) is 10.0 Å². The van der Waals surface area contributed by atoms with Crippen molar-refractivity contribution in [3.8, 4) is 0 Å². The van der Waals surface area contributed by atoms with Crippen molar-refractivity contribution in [1.29, 1.82) is 0 Å². The normalized spacial score (nSPS) is 14.4. The van der Waals surface area contributed by atoms with Crippen molar-refractivity contribution in [1.82, 2.24) is 5.54 Å². The molecule has 0 spiro atoms. The van der Waals surface area contributed by atoms with Crippen LogP contribution in [0.4, 0.5) is 4.48 Å². The Bertz CT molecular complexity index is 730. The van der Waals surface area contributed by atoms with Crippen LogP contribution in [0.5, 0.6) is 0 Å². The summed E-state index contributed by atoms with van der Waals surface area (Å²) in [7, 11) is 0. The average Bonchev–Trinajstić information content (AvgIpc) is 2.66. The second-order valence-corrected chi connectivity index (χ2v) is 8.38. The van der Waals surface area contributed by atoms with E-state index >= 15 is 0 Å². The van der Waals surface area contributed by atoms with E-state index in [1.54, 1.807) is 6.07 Å². The number of carbonyl (C=O) groups excluding carboxylic acids is 2. The zero-order valence-electron chi connectivity index (χ0n) is 17.0. The molecule has 1 rings (SSSR count). The minimum Gasteiger partial charge on any atom is -0.480 e. The summed E-state index contributed by atoms with van der Waals surface area (Å²) in [5.74, 6) is -1.59. The summed E-state index contributed by atoms with van der Waals surface area (Å²) in [5, 5.41) is 9.14. The van der Waals surface area contributed by atoms with Gasteiger partial charge >= 0.3 is 5.97 Å². The minimum atomic E-state index is -1.25. The van der Waals surface area contributed by atoms with Crippen molar-refractivity contribution in [3.05, 3.63) is 34.9 Å². The van der Waals surface area contributed by atoms with Crippen LogP contribution in [0.3, 0.4) is 0 Å². The van der Waals surface area contributed by atoms with Crippen molar-refractivity contribution < 1.29 is 24.0 Å². The number of carboxylic acids is 1. The molecule has 0 aliphatic carbocycles. The summed E-state index contributed by atoms with van der Waals surface area (Å²) in [6.45, 7) is 3.83. The zero-order chi connectivity index (χ0) is 22.1. The Morgan fingerprint density at radius 2 is 1.83 bits per heavy atom. The van der Waals surface area contributed by atoms with Gasteiger partial charge in [0.25, 0.3) is 0 Å². The number of nitrogens with one attached hydrogen (secondary N) is 1. The van der Waals surface area contributed by atoms with Crippen LogP contribution in [0.1, 0.15) is 53.0 Å². The quantitative estimate of drug-likeness (QED) is 0.277. The van der Waals surface area contributed by atoms with Crippen LogP contribution in [0, 0.1) is 5.92 Å². The van der Waals surface area contributed by atoms with Crippen molar-refractivity contribution in [2.24, 2.45) is 17.4 Å². The molecular formula is C20H30FN3O4S. The van der Waals surface area contributed by atoms with Crippen LogP contribution in [0.25, 0.3) is 0 Å². The van der Waals surface area contributed by atoms with E-state index in [2.05, 4.69) is 0 Å². The number of carboxylic acid groups (broad SMARTS) is 1. The highest BCUT2D eigenvalue weighted by Gasteiger charge is 2.30. The van der Waals surface area contributed by atoms with Crippen molar-refractivity contribution >= 4 is 29.3 Å². The highest BCUT2D eigenvalue weighted by molar-refractivity contribution is 7.98. The lowest BCUT2D eigenvalue weighted by Crippen LogP contribution is -2.38. The van der Waals surface area contributed by atoms with Crippen LogP contribution in [0.2, 0.25) is 0 Å². The number of hydrogen-bond donors (Lipinski definition) is 4. The van der Waals surface area contributed by atoms with Gasteiger partial charge in [0.05, 0.1) is 6.04 Å². The summed E-state index contributed by atoms with van der Waals surface area (Å²) in [4.78, 5) is 37.3. The van der Waals surface area contributed by atoms with Crippen LogP contribution in [-0.4, -0.2) is 52.8 Å². The van der Waals surface area contributed by atoms with E-state index < -0.39 is 35.7 Å². The molecule has 7 nitrogen and oxygen atoms in total. The molecule has 0 heterocycles. The first-order chi connectivity index (χ1) is 13.6. The molecule has 1 aromatic carbocycles. The highest BCUT2D eigenvalue weighted by atomic mass is 32.2. The van der Waals surface area contributed by atoms with E-state index in [-0.39, 0.29) is 29.9 Å². The van der Waals surface area contributed by atoms with E-state index in [9.17, 15) is 18.9 Å². The number of carbonyl (C=O) groups is 3. The Balaban J connectivity index is 3.45. The topological polar surface area (TPSA) is 136 Å². The Labute approximate surface area is 174 Å². The fourth-order valence-corrected chi connectivity index (χ4v) is 3.52. The van der Waals surface area contributed by atoms with E-state index in [4.69, 9.17) is 16.6 Å². The third-order valence-corrected chi connectivity index (χ3v) is 5.18. The van der Waals surface area contributed by atoms with E-state index in [1.165, 1.54) is 29.4 Å². The number of hydrogen-bond acceptors (Lipinski definition) is 7. The lowest BCUT2D eigenvalue weighted by atomic mass is 9.86. The van der Waals surface area contributed by atoms with Gasteiger partial charge in [-0.25, -0.2) is 0 Å². The maximum Gasteiger partial charge on any atom is 0.320 e. The monoisotopic (exact) mass is 427 g/mol. The van der Waals surface area contributed by atoms with E-state index in [1.807, 2.05) is 20.1 Å². The molecular weight excluding hydrogens is 397 g/mol. The molecule has 3 atom stereocenters. The number of thioether (sulfide) groups is 1. The molecule has 0 aliphatic rings. The Morgan fingerprint density at radius 1 is 1.17 bits per heavy atom. The summed E-state index contributed by atoms with van der Waals surface area (Å²) in [6.07, 6.45) is 2.32. The smallest absolute Gasteiger partial charge is 0.320 e. The van der Waals surface area contributed by atoms with Gasteiger partial charge in [-0.3, -0.25) is 14.4 Å². The molecule has 0 radical (unpaired) electrons. The molecule has 9 heteroatoms. The second kappa shape index (κ2) is 12.0. The van der Waals surface area contributed by atoms with Gasteiger partial charge in [-0.2, -0.15) is 11.8 Å². The molecule has 6 N–H and O–H groups in total. The molecule has 29 heavy (non-hydrogen) atoms. The Morgan fingerprint density at radius 3 is 2.34 bits per heavy atom. The van der Waals surface area contributed by atoms with Gasteiger partial charge in [0, 0.05) is 11.1 Å². The number of benzene rings is 1. The zero-order valence-corrected chi connectivity index (χ0v) is 17.8. The Hall–Kier alpha value is -1.81. The van der Waals surface area contributed by atoms with E-state index in [0.717, 1.165) is 0 Å². The van der Waals surface area contributed by atoms with Crippen molar-refractivity contribution in [2.45, 2.75) is 51.2 Å². The Kier molecular flexibility index (Phi) is 10.5. The van der Waals surface area contributed by atoms with Gasteiger partial charge < -0.3 is 16.6 Å². The van der Waals surface area contributed by atoms with Gasteiger partial charge in [0.2, 0.25) is 0 Å². The number of ketones is 2. The van der Waals surface area contributed by atoms with E-state index in [0.29, 0.717) is 17.7 Å². The lowest BCUT2D eigenvalue weighted by Gasteiger charge is -2.21. The number of rotatable bonds is 13. The summed E-state index contributed by atoms with van der Waals surface area (Å²) in [5.41, 5.74) is 13.6. The van der Waals surface area contributed by atoms with Crippen LogP contribution in [0.15, 0.2) is 18.2 Å². The number of halogens is 1. The maximum atomic E-state index is 13.3. The molecule has 0 saturated carbocycles. The fraction of sp³-hybridized carbons (Fsp3) is 0.550. The number of Topliss-reactive ketones (excluding diaryl/α,β-unsaturated/α-hetero) is 2. The van der Waals surface area contributed by atoms with Gasteiger partial charge in [0.1, 0.15) is 12.1 Å². The highest BCUT2D eigenvalue weighted by Crippen LogP contribution is 2.23. The maximum absolute atomic E-state index is 13.3. The molecule has 1 aromatic rings. The molecule has 3 unspecified atom stereocenters. The lowest BCUT2D eigenvalue weighted by molar-refractivity contribution is -0.138. The van der Waals surface area contributed by atoms with Crippen LogP contribution >= 0.6 is 11.8 Å². The largest absolute Gasteiger partial charge is 0.480 e. The predicted octanol–water partition coefficient (Wildman–Crippen LogP) is 1.98. The number of nitrogens with two attached hydrogens (primary N) is 2. The molecule has 0 aromatic heterocycles. The first-order valence-electron chi connectivity index (χ1n) is 9.43. The first kappa shape index (κ1) is 25.2. The van der Waals surface area contributed by atoms with Crippen molar-refractivity contribution in [3.63, 3.8) is 0 Å². The third kappa shape index (κ3) is 7.18. The molecule has 0 fully saturated rings. The molecule has 0 amide bonds. The van der Waals surface area contributed by atoms with Crippen molar-refractivity contribution in [2.75, 3.05) is 12.0 Å². The summed E-state index contributed by atoms with van der Waals surface area (Å²) < 4.78 is 13.3. The second-order valence-electron chi connectivity index (χ2n) is 7.40. The average molecular weight is 428 g/mol. The summed E-state index contributed by atoms with van der Waals surface area (Å²) in [6, 6.07) is 1.29. The fourth-order valence-electron chi connectivity index (χ4n) is 3.05. The van der Waals surface area contributed by atoms with Gasteiger partial charge in [-0.05, 0) is 42.8 Å².